The third kappa shape index (κ3) is 1.36. The standard InChI is InChI=1S/C11H10ClN/c1-7(2)10-6-8-4-3-5-9(12)11(8)13-10/h3-6,13H,1H2,2H3. The molecule has 0 unspecified atom stereocenters. The zero-order valence-electron chi connectivity index (χ0n) is 7.39. The molecule has 2 heteroatoms. The topological polar surface area (TPSA) is 15.8 Å². The first-order valence-electron chi connectivity index (χ1n) is 4.11. The molecule has 2 rings (SSSR count). The number of nitrogens with one attached hydrogen (secondary N) is 1. The van der Waals surface area contributed by atoms with Gasteiger partial charge in [0, 0.05) is 11.1 Å². The van der Waals surface area contributed by atoms with Gasteiger partial charge in [-0.2, -0.15) is 0 Å². The van der Waals surface area contributed by atoms with Gasteiger partial charge in [0.05, 0.1) is 10.5 Å². The van der Waals surface area contributed by atoms with E-state index in [4.69, 9.17) is 11.6 Å². The van der Waals surface area contributed by atoms with E-state index in [0.29, 0.717) is 0 Å². The molecule has 0 aliphatic heterocycles. The van der Waals surface area contributed by atoms with E-state index in [-0.39, 0.29) is 0 Å². The summed E-state index contributed by atoms with van der Waals surface area (Å²) in [6.07, 6.45) is 0. The van der Waals surface area contributed by atoms with Crippen molar-refractivity contribution in [1.82, 2.24) is 4.98 Å². The van der Waals surface area contributed by atoms with E-state index in [9.17, 15) is 0 Å². The molecule has 0 spiro atoms. The Bertz CT molecular complexity index is 468. The summed E-state index contributed by atoms with van der Waals surface area (Å²) in [5.74, 6) is 0. The summed E-state index contributed by atoms with van der Waals surface area (Å²) in [6.45, 7) is 5.85. The molecule has 1 nitrogen and oxygen atoms in total. The molecule has 0 bridgehead atoms. The van der Waals surface area contributed by atoms with E-state index in [1.807, 2.05) is 25.1 Å². The van der Waals surface area contributed by atoms with Crippen molar-refractivity contribution in [1.29, 1.82) is 0 Å². The fourth-order valence-corrected chi connectivity index (χ4v) is 1.58. The summed E-state index contributed by atoms with van der Waals surface area (Å²) >= 11 is 6.01. The van der Waals surface area contributed by atoms with Crippen molar-refractivity contribution in [2.24, 2.45) is 0 Å². The van der Waals surface area contributed by atoms with Crippen molar-refractivity contribution in [3.8, 4) is 0 Å². The molecule has 0 aliphatic rings. The number of fused-ring (bicyclic) bond motifs is 1. The quantitative estimate of drug-likeness (QED) is 0.705. The van der Waals surface area contributed by atoms with Crippen molar-refractivity contribution in [2.45, 2.75) is 6.92 Å². The summed E-state index contributed by atoms with van der Waals surface area (Å²) in [6, 6.07) is 7.91. The highest BCUT2D eigenvalue weighted by Crippen LogP contribution is 2.25. The van der Waals surface area contributed by atoms with Crippen LogP contribution in [0.4, 0.5) is 0 Å². The molecule has 1 N–H and O–H groups in total. The van der Waals surface area contributed by atoms with Gasteiger partial charge in [0.1, 0.15) is 0 Å². The molecule has 0 amide bonds. The van der Waals surface area contributed by atoms with Gasteiger partial charge in [0.15, 0.2) is 0 Å². The third-order valence-corrected chi connectivity index (χ3v) is 2.38. The number of aromatic amines is 1. The number of rotatable bonds is 1. The summed E-state index contributed by atoms with van der Waals surface area (Å²) in [7, 11) is 0. The van der Waals surface area contributed by atoms with Crippen LogP contribution in [0.1, 0.15) is 12.6 Å². The fraction of sp³-hybridized carbons (Fsp3) is 0.0909. The van der Waals surface area contributed by atoms with Crippen LogP contribution in [0.2, 0.25) is 5.02 Å². The molecule has 66 valence electrons. The van der Waals surface area contributed by atoms with Crippen LogP contribution in [0.25, 0.3) is 16.5 Å². The first kappa shape index (κ1) is 8.39. The molecule has 0 atom stereocenters. The molecule has 2 aromatic rings. The van der Waals surface area contributed by atoms with E-state index in [2.05, 4.69) is 17.6 Å². The Labute approximate surface area is 82.0 Å². The number of allylic oxidation sites excluding steroid dienone is 1. The maximum Gasteiger partial charge on any atom is 0.0648 e. The number of hydrogen-bond acceptors (Lipinski definition) is 0. The minimum Gasteiger partial charge on any atom is -0.354 e. The first-order chi connectivity index (χ1) is 6.18. The van der Waals surface area contributed by atoms with Gasteiger partial charge >= 0.3 is 0 Å². The van der Waals surface area contributed by atoms with Crippen LogP contribution in [0.5, 0.6) is 0 Å². The molecule has 1 aromatic heterocycles. The van der Waals surface area contributed by atoms with Crippen LogP contribution in [-0.4, -0.2) is 4.98 Å². The van der Waals surface area contributed by atoms with Crippen LogP contribution in [0.3, 0.4) is 0 Å². The second-order valence-corrected chi connectivity index (χ2v) is 3.57. The predicted molar refractivity (Wildman–Crippen MR) is 58.0 cm³/mol. The monoisotopic (exact) mass is 191 g/mol. The predicted octanol–water partition coefficient (Wildman–Crippen LogP) is 3.85. The Balaban J connectivity index is 2.75. The lowest BCUT2D eigenvalue weighted by Crippen LogP contribution is -1.74. The van der Waals surface area contributed by atoms with Gasteiger partial charge in [0.2, 0.25) is 0 Å². The number of hydrogen-bond donors (Lipinski definition) is 1. The molecule has 13 heavy (non-hydrogen) atoms. The summed E-state index contributed by atoms with van der Waals surface area (Å²) < 4.78 is 0. The number of para-hydroxylation sites is 1. The Morgan fingerprint density at radius 1 is 1.46 bits per heavy atom. The average molecular weight is 192 g/mol. The van der Waals surface area contributed by atoms with Crippen molar-refractivity contribution in [3.63, 3.8) is 0 Å². The van der Waals surface area contributed by atoms with Gasteiger partial charge < -0.3 is 4.98 Å². The van der Waals surface area contributed by atoms with Crippen LogP contribution >= 0.6 is 11.6 Å². The van der Waals surface area contributed by atoms with Crippen LogP contribution in [-0.2, 0) is 0 Å². The molecule has 0 saturated heterocycles. The minimum absolute atomic E-state index is 0.755. The highest BCUT2D eigenvalue weighted by Gasteiger charge is 2.03. The van der Waals surface area contributed by atoms with Crippen molar-refractivity contribution >= 4 is 28.1 Å². The summed E-state index contributed by atoms with van der Waals surface area (Å²) in [5, 5.41) is 1.88. The van der Waals surface area contributed by atoms with Crippen molar-refractivity contribution in [3.05, 3.63) is 41.6 Å². The average Bonchev–Trinajstić information content (AvgIpc) is 2.49. The maximum absolute atomic E-state index is 6.01. The van der Waals surface area contributed by atoms with Gasteiger partial charge in [0.25, 0.3) is 0 Å². The first-order valence-corrected chi connectivity index (χ1v) is 4.49. The SMILES string of the molecule is C=C(C)c1cc2cccc(Cl)c2[nH]1. The van der Waals surface area contributed by atoms with E-state index in [1.165, 1.54) is 0 Å². The molecule has 0 fully saturated rings. The van der Waals surface area contributed by atoms with Crippen LogP contribution < -0.4 is 0 Å². The van der Waals surface area contributed by atoms with Crippen LogP contribution in [0, 0.1) is 0 Å². The molecule has 0 radical (unpaired) electrons. The Morgan fingerprint density at radius 2 is 2.23 bits per heavy atom. The van der Waals surface area contributed by atoms with Gasteiger partial charge in [-0.25, -0.2) is 0 Å². The molecule has 1 heterocycles. The van der Waals surface area contributed by atoms with E-state index in [1.54, 1.807) is 0 Å². The van der Waals surface area contributed by atoms with E-state index in [0.717, 1.165) is 27.2 Å². The summed E-state index contributed by atoms with van der Waals surface area (Å²) in [5.41, 5.74) is 3.05. The smallest absolute Gasteiger partial charge is 0.0648 e. The third-order valence-electron chi connectivity index (χ3n) is 2.07. The highest BCUT2D eigenvalue weighted by molar-refractivity contribution is 6.35. The van der Waals surface area contributed by atoms with E-state index < -0.39 is 0 Å². The largest absolute Gasteiger partial charge is 0.354 e. The van der Waals surface area contributed by atoms with Gasteiger partial charge in [-0.05, 0) is 24.6 Å². The lowest BCUT2D eigenvalue weighted by Gasteiger charge is -1.92. The summed E-state index contributed by atoms with van der Waals surface area (Å²) in [4.78, 5) is 3.23. The fourth-order valence-electron chi connectivity index (χ4n) is 1.35. The number of aromatic nitrogens is 1. The molecule has 0 aliphatic carbocycles. The Kier molecular flexibility index (Phi) is 1.89. The lowest BCUT2D eigenvalue weighted by molar-refractivity contribution is 1.39. The number of halogens is 1. The van der Waals surface area contributed by atoms with Gasteiger partial charge in [-0.15, -0.1) is 0 Å². The Hall–Kier alpha value is -1.21. The number of benzene rings is 1. The maximum atomic E-state index is 6.01. The molecule has 0 saturated carbocycles. The lowest BCUT2D eigenvalue weighted by atomic mass is 10.2. The van der Waals surface area contributed by atoms with Crippen molar-refractivity contribution in [2.75, 3.05) is 0 Å². The Morgan fingerprint density at radius 3 is 2.85 bits per heavy atom. The zero-order valence-corrected chi connectivity index (χ0v) is 8.15. The second-order valence-electron chi connectivity index (χ2n) is 3.17. The molecular weight excluding hydrogens is 182 g/mol. The second kappa shape index (κ2) is 2.93. The molecular formula is C11H10ClN. The highest BCUT2D eigenvalue weighted by atomic mass is 35.5. The minimum atomic E-state index is 0.755. The zero-order chi connectivity index (χ0) is 9.42. The molecule has 1 aromatic carbocycles. The van der Waals surface area contributed by atoms with E-state index >= 15 is 0 Å². The van der Waals surface area contributed by atoms with Gasteiger partial charge in [-0.1, -0.05) is 30.3 Å². The van der Waals surface area contributed by atoms with Gasteiger partial charge in [-0.3, -0.25) is 0 Å². The van der Waals surface area contributed by atoms with Crippen molar-refractivity contribution < 1.29 is 0 Å². The normalized spacial score (nSPS) is 10.6. The number of H-pyrrole nitrogens is 1. The van der Waals surface area contributed by atoms with Crippen LogP contribution in [0.15, 0.2) is 30.8 Å².